The number of ether oxygens (including phenoxy) is 5. The van der Waals surface area contributed by atoms with E-state index < -0.39 is 0 Å². The third-order valence-corrected chi connectivity index (χ3v) is 9.41. The topological polar surface area (TPSA) is 181 Å². The zero-order valence-electron chi connectivity index (χ0n) is 30.1. The molecule has 2 aliphatic rings. The summed E-state index contributed by atoms with van der Waals surface area (Å²) in [6.45, 7) is 10.2. The molecule has 0 spiro atoms. The van der Waals surface area contributed by atoms with Crippen molar-refractivity contribution in [1.29, 1.82) is 5.26 Å². The highest BCUT2D eigenvalue weighted by Crippen LogP contribution is 2.41. The molecule has 1 saturated heterocycles. The predicted octanol–water partition coefficient (Wildman–Crippen LogP) is 4.37. The highest BCUT2D eigenvalue weighted by molar-refractivity contribution is 5.85. The number of benzene rings is 1. The second-order valence-electron chi connectivity index (χ2n) is 13.4. The highest BCUT2D eigenvalue weighted by Gasteiger charge is 2.41. The molecule has 3 aromatic heterocycles. The third kappa shape index (κ3) is 9.92. The lowest BCUT2D eigenvalue weighted by atomic mass is 9.75. The van der Waals surface area contributed by atoms with Crippen LogP contribution in [0.3, 0.4) is 0 Å². The average Bonchev–Trinajstić information content (AvgIpc) is 3.80. The number of nitriles is 1. The summed E-state index contributed by atoms with van der Waals surface area (Å²) >= 11 is 0. The monoisotopic (exact) mass is 737 g/mol. The number of morpholine rings is 1. The van der Waals surface area contributed by atoms with Crippen LogP contribution in [-0.2, 0) is 20.8 Å². The maximum absolute atomic E-state index is 9.68. The van der Waals surface area contributed by atoms with Crippen LogP contribution in [0, 0.1) is 17.2 Å². The maximum atomic E-state index is 9.68. The number of hydrogen-bond acceptors (Lipinski definition) is 14. The summed E-state index contributed by atoms with van der Waals surface area (Å²) in [7, 11) is 1.64. The van der Waals surface area contributed by atoms with Gasteiger partial charge in [-0.1, -0.05) is 6.07 Å². The van der Waals surface area contributed by atoms with Gasteiger partial charge < -0.3 is 34.3 Å². The molecule has 1 unspecified atom stereocenters. The molecule has 1 aromatic carbocycles. The van der Waals surface area contributed by atoms with Crippen LogP contribution in [0.25, 0.3) is 11.1 Å². The van der Waals surface area contributed by atoms with E-state index in [1.807, 2.05) is 29.9 Å². The van der Waals surface area contributed by atoms with Gasteiger partial charge in [-0.3, -0.25) is 4.68 Å². The Morgan fingerprint density at radius 1 is 1.12 bits per heavy atom. The van der Waals surface area contributed by atoms with Crippen molar-refractivity contribution in [3.8, 4) is 28.8 Å². The number of nitrogens with one attached hydrogen (secondary N) is 2. The average molecular weight is 738 g/mol. The molecule has 4 aromatic rings. The Kier molecular flexibility index (Phi) is 13.7. The van der Waals surface area contributed by atoms with E-state index in [-0.39, 0.29) is 36.3 Å². The van der Waals surface area contributed by atoms with E-state index in [2.05, 4.69) is 56.0 Å². The van der Waals surface area contributed by atoms with Gasteiger partial charge in [0.25, 0.3) is 5.88 Å². The first kappa shape index (κ1) is 38.8. The largest absolute Gasteiger partial charge is 0.487 e. The zero-order chi connectivity index (χ0) is 35.6. The van der Waals surface area contributed by atoms with Gasteiger partial charge in [0, 0.05) is 38.2 Å². The van der Waals surface area contributed by atoms with Gasteiger partial charge in [0.2, 0.25) is 5.95 Å². The zero-order valence-corrected chi connectivity index (χ0v) is 30.9. The molecule has 1 aliphatic heterocycles. The summed E-state index contributed by atoms with van der Waals surface area (Å²) in [6, 6.07) is 7.83. The minimum absolute atomic E-state index is 0. The van der Waals surface area contributed by atoms with Crippen molar-refractivity contribution >= 4 is 24.0 Å². The fourth-order valence-corrected chi connectivity index (χ4v) is 6.79. The fourth-order valence-electron chi connectivity index (χ4n) is 6.79. The van der Waals surface area contributed by atoms with Gasteiger partial charge in [-0.25, -0.2) is 14.6 Å². The van der Waals surface area contributed by atoms with Crippen molar-refractivity contribution in [3.05, 3.63) is 48.7 Å². The lowest BCUT2D eigenvalue weighted by Crippen LogP contribution is -2.55. The van der Waals surface area contributed by atoms with Crippen LogP contribution in [0.1, 0.15) is 58.1 Å². The second-order valence-corrected chi connectivity index (χ2v) is 13.4. The Balaban J connectivity index is 0.00000523. The molecular formula is C35H48ClN11O5. The van der Waals surface area contributed by atoms with Crippen molar-refractivity contribution in [2.45, 2.75) is 76.9 Å². The quantitative estimate of drug-likeness (QED) is 0.155. The normalized spacial score (nSPS) is 22.2. The minimum Gasteiger partial charge on any atom is -0.487 e. The molecular weight excluding hydrogens is 690 g/mol. The van der Waals surface area contributed by atoms with Crippen molar-refractivity contribution in [2.24, 2.45) is 5.92 Å². The molecule has 17 heteroatoms. The molecule has 3 atom stereocenters. The number of hydrogen-bond donors (Lipinski definition) is 2. The minimum atomic E-state index is -0.279. The first-order valence-electron chi connectivity index (χ1n) is 17.5. The number of methoxy groups -OCH3 is 1. The summed E-state index contributed by atoms with van der Waals surface area (Å²) in [6.07, 6.45) is 11.0. The smallest absolute Gasteiger partial charge is 0.257 e. The molecule has 0 bridgehead atoms. The van der Waals surface area contributed by atoms with Crippen LogP contribution in [-0.4, -0.2) is 104 Å². The first-order valence-corrected chi connectivity index (χ1v) is 17.5. The Morgan fingerprint density at radius 3 is 2.62 bits per heavy atom. The summed E-state index contributed by atoms with van der Waals surface area (Å²) in [5.41, 5.74) is 2.52. The number of tetrazole rings is 1. The van der Waals surface area contributed by atoms with Gasteiger partial charge in [0.05, 0.1) is 55.9 Å². The van der Waals surface area contributed by atoms with Gasteiger partial charge in [-0.15, -0.1) is 22.6 Å². The molecule has 280 valence electrons. The van der Waals surface area contributed by atoms with Crippen molar-refractivity contribution < 1.29 is 23.7 Å². The van der Waals surface area contributed by atoms with Crippen molar-refractivity contribution in [2.75, 3.05) is 51.9 Å². The Hall–Kier alpha value is -4.40. The van der Waals surface area contributed by atoms with Gasteiger partial charge >= 0.3 is 0 Å². The van der Waals surface area contributed by atoms with E-state index >= 15 is 0 Å². The summed E-state index contributed by atoms with van der Waals surface area (Å²) < 4.78 is 32.9. The maximum Gasteiger partial charge on any atom is 0.257 e. The number of halogens is 1. The summed E-state index contributed by atoms with van der Waals surface area (Å²) in [5.74, 6) is 1.81. The van der Waals surface area contributed by atoms with Gasteiger partial charge in [0.15, 0.2) is 0 Å². The molecule has 1 saturated carbocycles. The van der Waals surface area contributed by atoms with Crippen molar-refractivity contribution in [3.63, 3.8) is 0 Å². The van der Waals surface area contributed by atoms with E-state index in [4.69, 9.17) is 28.8 Å². The third-order valence-electron chi connectivity index (χ3n) is 9.41. The Morgan fingerprint density at radius 2 is 1.90 bits per heavy atom. The number of rotatable bonds is 16. The number of nitrogens with zero attached hydrogens (tertiary/aromatic N) is 9. The standard InChI is InChI=1S/C35H47N11O5.ClH/c1-24-17-37-22-35(3,51-24)29-7-9-30(10-8-29)46-21-31(33(42-46)49-14-13-48-12-11-47-4)41-34-38-18-28(19-39-34)26-5-6-27(16-36)32(15-26)50-25(2)20-45-23-40-43-44-45;/h5-6,15,18-19,21,23-25,29-30,37H,7-14,17,20,22H2,1-4H3,(H,38,39,41);1H/t24-,25?,29?,30?,35-;/m1./s1. The first-order chi connectivity index (χ1) is 24.8. The molecule has 4 heterocycles. The summed E-state index contributed by atoms with van der Waals surface area (Å²) in [5, 5.41) is 32.6. The van der Waals surface area contributed by atoms with Crippen LogP contribution < -0.4 is 20.1 Å². The van der Waals surface area contributed by atoms with Crippen molar-refractivity contribution in [1.82, 2.24) is 45.3 Å². The molecule has 0 radical (unpaired) electrons. The lowest BCUT2D eigenvalue weighted by molar-refractivity contribution is -0.138. The van der Waals surface area contributed by atoms with E-state index in [1.54, 1.807) is 30.3 Å². The molecule has 6 rings (SSSR count). The predicted molar refractivity (Wildman–Crippen MR) is 194 cm³/mol. The van der Waals surface area contributed by atoms with E-state index in [1.165, 1.54) is 6.33 Å². The summed E-state index contributed by atoms with van der Waals surface area (Å²) in [4.78, 5) is 9.19. The highest BCUT2D eigenvalue weighted by atomic mass is 35.5. The molecule has 52 heavy (non-hydrogen) atoms. The SMILES string of the molecule is COCCOCCOc1nn(C2CCC([C@@]3(C)CNC[C@@H](C)O3)CC2)cc1Nc1ncc(-c2ccc(C#N)c(OC(C)Cn3cnnn3)c2)cn1.Cl. The van der Waals surface area contributed by atoms with E-state index in [0.29, 0.717) is 67.7 Å². The Labute approximate surface area is 309 Å². The number of aromatic nitrogens is 8. The van der Waals surface area contributed by atoms with Gasteiger partial charge in [0.1, 0.15) is 36.5 Å². The molecule has 2 N–H and O–H groups in total. The van der Waals surface area contributed by atoms with E-state index in [0.717, 1.165) is 49.9 Å². The van der Waals surface area contributed by atoms with Gasteiger partial charge in [-0.2, -0.15) is 5.26 Å². The Bertz CT molecular complexity index is 1730. The molecule has 0 amide bonds. The van der Waals surface area contributed by atoms with Gasteiger partial charge in [-0.05, 0) is 80.5 Å². The van der Waals surface area contributed by atoms with E-state index in [9.17, 15) is 5.26 Å². The van der Waals surface area contributed by atoms with Crippen LogP contribution in [0.2, 0.25) is 0 Å². The van der Waals surface area contributed by atoms with Crippen LogP contribution in [0.4, 0.5) is 11.6 Å². The molecule has 2 fully saturated rings. The van der Waals surface area contributed by atoms with Crippen LogP contribution >= 0.6 is 12.4 Å². The lowest BCUT2D eigenvalue weighted by Gasteiger charge is -2.46. The van der Waals surface area contributed by atoms with Crippen LogP contribution in [0.15, 0.2) is 43.1 Å². The molecule has 1 aliphatic carbocycles. The second kappa shape index (κ2) is 18.4. The molecule has 16 nitrogen and oxygen atoms in total. The number of anilines is 2. The fraction of sp³-hybridized carbons (Fsp3) is 0.571. The van der Waals surface area contributed by atoms with Crippen LogP contribution in [0.5, 0.6) is 11.6 Å².